The minimum Gasteiger partial charge on any atom is -0.463 e. The molecule has 0 radical (unpaired) electrons. The fourth-order valence-corrected chi connectivity index (χ4v) is 3.30. The summed E-state index contributed by atoms with van der Waals surface area (Å²) in [5.74, 6) is -0.319. The van der Waals surface area contributed by atoms with Crippen molar-refractivity contribution in [2.75, 3.05) is 6.61 Å². The van der Waals surface area contributed by atoms with Crippen LogP contribution in [0.2, 0.25) is 18.1 Å². The number of hydrogen-bond acceptors (Lipinski definition) is 4. The first-order valence-electron chi connectivity index (χ1n) is 8.10. The second-order valence-electron chi connectivity index (χ2n) is 7.42. The summed E-state index contributed by atoms with van der Waals surface area (Å²) in [6.07, 6.45) is 2.24. The molecule has 0 rings (SSSR count). The van der Waals surface area contributed by atoms with E-state index >= 15 is 0 Å². The Labute approximate surface area is 137 Å². The summed E-state index contributed by atoms with van der Waals surface area (Å²) in [6.45, 7) is 16.9. The van der Waals surface area contributed by atoms with Gasteiger partial charge in [-0.1, -0.05) is 26.8 Å². The first-order valence-corrected chi connectivity index (χ1v) is 11.0. The first kappa shape index (κ1) is 21.3. The maximum Gasteiger partial charge on any atom is 0.333 e. The molecule has 0 aromatic heterocycles. The third kappa shape index (κ3) is 7.56. The zero-order valence-electron chi connectivity index (χ0n) is 15.5. The van der Waals surface area contributed by atoms with Gasteiger partial charge in [-0.2, -0.15) is 0 Å². The van der Waals surface area contributed by atoms with Gasteiger partial charge in [0.1, 0.15) is 0 Å². The van der Waals surface area contributed by atoms with Crippen LogP contribution in [0, 0.1) is 0 Å². The molecule has 5 heteroatoms. The normalized spacial score (nSPS) is 16.3. The Balaban J connectivity index is 4.41. The Morgan fingerprint density at radius 3 is 2.32 bits per heavy atom. The van der Waals surface area contributed by atoms with Gasteiger partial charge in [-0.05, 0) is 51.7 Å². The van der Waals surface area contributed by atoms with Gasteiger partial charge in [-0.25, -0.2) is 4.79 Å². The minimum absolute atomic E-state index is 0.00666. The minimum atomic E-state index is -1.81. The lowest BCUT2D eigenvalue weighted by Crippen LogP contribution is -2.43. The lowest BCUT2D eigenvalue weighted by molar-refractivity contribution is -0.138. The van der Waals surface area contributed by atoms with Gasteiger partial charge >= 0.3 is 5.97 Å². The molecule has 0 aromatic carbocycles. The second-order valence-corrected chi connectivity index (χ2v) is 12.2. The van der Waals surface area contributed by atoms with Crippen LogP contribution in [0.25, 0.3) is 0 Å². The fourth-order valence-electron chi connectivity index (χ4n) is 1.85. The van der Waals surface area contributed by atoms with Gasteiger partial charge in [-0.3, -0.25) is 0 Å². The summed E-state index contributed by atoms with van der Waals surface area (Å²) in [4.78, 5) is 11.5. The highest BCUT2D eigenvalue weighted by Gasteiger charge is 2.38. The van der Waals surface area contributed by atoms with Crippen molar-refractivity contribution < 1.29 is 19.1 Å². The van der Waals surface area contributed by atoms with Crippen LogP contribution in [0.5, 0.6) is 0 Å². The van der Waals surface area contributed by atoms with Gasteiger partial charge in [0.2, 0.25) is 0 Å². The van der Waals surface area contributed by atoms with Crippen LogP contribution in [0.1, 0.15) is 54.4 Å². The lowest BCUT2D eigenvalue weighted by atomic mass is 10.1. The molecule has 1 N–H and O–H groups in total. The van der Waals surface area contributed by atoms with Crippen LogP contribution >= 0.6 is 0 Å². The van der Waals surface area contributed by atoms with Crippen LogP contribution in [0.3, 0.4) is 0 Å². The van der Waals surface area contributed by atoms with Gasteiger partial charge in [0, 0.05) is 11.7 Å². The Morgan fingerprint density at radius 2 is 1.86 bits per heavy atom. The number of ether oxygens (including phenoxy) is 1. The molecule has 0 aliphatic rings. The number of rotatable bonds is 8. The third-order valence-corrected chi connectivity index (χ3v) is 8.80. The van der Waals surface area contributed by atoms with Crippen LogP contribution in [-0.2, 0) is 14.0 Å². The van der Waals surface area contributed by atoms with Crippen molar-refractivity contribution in [2.45, 2.75) is 84.7 Å². The molecule has 0 saturated carbocycles. The quantitative estimate of drug-likeness (QED) is 0.414. The standard InChI is InChI=1S/C17H34O4Si/c1-9-20-16(19)13(2)10-11-15(18)12-14(3)21-22(7,8)17(4,5)6/h10,14-15,18H,9,11-12H2,1-8H3/b13-10+/t14-,15+/m0/s1. The summed E-state index contributed by atoms with van der Waals surface area (Å²) in [5, 5.41) is 10.3. The topological polar surface area (TPSA) is 55.8 Å². The zero-order valence-corrected chi connectivity index (χ0v) is 16.5. The molecule has 22 heavy (non-hydrogen) atoms. The molecule has 0 spiro atoms. The summed E-state index contributed by atoms with van der Waals surface area (Å²) >= 11 is 0. The summed E-state index contributed by atoms with van der Waals surface area (Å²) in [5.41, 5.74) is 0.541. The van der Waals surface area contributed by atoms with Gasteiger partial charge < -0.3 is 14.3 Å². The Morgan fingerprint density at radius 1 is 1.32 bits per heavy atom. The van der Waals surface area contributed by atoms with E-state index in [2.05, 4.69) is 33.9 Å². The molecular formula is C17H34O4Si. The van der Waals surface area contributed by atoms with Crippen molar-refractivity contribution in [3.05, 3.63) is 11.6 Å². The Kier molecular flexibility index (Phi) is 8.58. The predicted octanol–water partition coefficient (Wildman–Crippen LogP) is 4.05. The molecular weight excluding hydrogens is 296 g/mol. The molecule has 0 saturated heterocycles. The predicted molar refractivity (Wildman–Crippen MR) is 93.4 cm³/mol. The molecule has 0 aliphatic carbocycles. The lowest BCUT2D eigenvalue weighted by Gasteiger charge is -2.38. The molecule has 0 amide bonds. The van der Waals surface area contributed by atoms with Crippen molar-refractivity contribution in [3.8, 4) is 0 Å². The highest BCUT2D eigenvalue weighted by atomic mass is 28.4. The van der Waals surface area contributed by atoms with E-state index in [9.17, 15) is 9.90 Å². The van der Waals surface area contributed by atoms with E-state index in [-0.39, 0.29) is 17.1 Å². The average Bonchev–Trinajstić information content (AvgIpc) is 2.33. The molecule has 2 atom stereocenters. The molecule has 0 bridgehead atoms. The molecule has 0 aromatic rings. The van der Waals surface area contributed by atoms with Crippen LogP contribution in [-0.4, -0.2) is 38.2 Å². The van der Waals surface area contributed by atoms with Gasteiger partial charge in [-0.15, -0.1) is 0 Å². The summed E-state index contributed by atoms with van der Waals surface area (Å²) < 4.78 is 11.1. The highest BCUT2D eigenvalue weighted by Crippen LogP contribution is 2.37. The number of carbonyl (C=O) groups excluding carboxylic acids is 1. The Bertz CT molecular complexity index is 383. The third-order valence-electron chi connectivity index (χ3n) is 4.20. The number of hydrogen-bond donors (Lipinski definition) is 1. The van der Waals surface area contributed by atoms with Crippen molar-refractivity contribution >= 4 is 14.3 Å². The maximum atomic E-state index is 11.5. The van der Waals surface area contributed by atoms with E-state index in [1.165, 1.54) is 0 Å². The van der Waals surface area contributed by atoms with Gasteiger partial charge in [0.05, 0.1) is 12.7 Å². The zero-order chi connectivity index (χ0) is 17.6. The van der Waals surface area contributed by atoms with Crippen molar-refractivity contribution in [2.24, 2.45) is 0 Å². The first-order chi connectivity index (χ1) is 9.90. The number of esters is 1. The largest absolute Gasteiger partial charge is 0.463 e. The molecule has 0 fully saturated rings. The fraction of sp³-hybridized carbons (Fsp3) is 0.824. The average molecular weight is 331 g/mol. The van der Waals surface area contributed by atoms with E-state index in [0.29, 0.717) is 25.0 Å². The molecule has 4 nitrogen and oxygen atoms in total. The van der Waals surface area contributed by atoms with E-state index in [1.54, 1.807) is 19.9 Å². The summed E-state index contributed by atoms with van der Waals surface area (Å²) in [6, 6.07) is 0. The van der Waals surface area contributed by atoms with Crippen molar-refractivity contribution in [1.82, 2.24) is 0 Å². The molecule has 130 valence electrons. The van der Waals surface area contributed by atoms with E-state index < -0.39 is 14.4 Å². The molecule has 0 aliphatic heterocycles. The molecule has 0 unspecified atom stereocenters. The summed E-state index contributed by atoms with van der Waals surface area (Å²) in [7, 11) is -1.81. The monoisotopic (exact) mass is 330 g/mol. The SMILES string of the molecule is CCOC(=O)/C(C)=C/C[C@@H](O)C[C@H](C)O[Si](C)(C)C(C)(C)C. The van der Waals surface area contributed by atoms with E-state index in [1.807, 2.05) is 6.92 Å². The highest BCUT2D eigenvalue weighted by molar-refractivity contribution is 6.74. The van der Waals surface area contributed by atoms with Crippen LogP contribution in [0.4, 0.5) is 0 Å². The van der Waals surface area contributed by atoms with E-state index in [4.69, 9.17) is 9.16 Å². The van der Waals surface area contributed by atoms with Crippen molar-refractivity contribution in [1.29, 1.82) is 0 Å². The van der Waals surface area contributed by atoms with Crippen LogP contribution < -0.4 is 0 Å². The van der Waals surface area contributed by atoms with E-state index in [0.717, 1.165) is 0 Å². The smallest absolute Gasteiger partial charge is 0.333 e. The molecule has 0 heterocycles. The van der Waals surface area contributed by atoms with Crippen molar-refractivity contribution in [3.63, 3.8) is 0 Å². The number of aliphatic hydroxyl groups excluding tert-OH is 1. The maximum absolute atomic E-state index is 11.5. The Hall–Kier alpha value is -0.653. The van der Waals surface area contributed by atoms with Gasteiger partial charge in [0.15, 0.2) is 8.32 Å². The number of carbonyl (C=O) groups is 1. The van der Waals surface area contributed by atoms with Gasteiger partial charge in [0.25, 0.3) is 0 Å². The second kappa shape index (κ2) is 8.84. The number of aliphatic hydroxyl groups is 1. The van der Waals surface area contributed by atoms with Crippen LogP contribution in [0.15, 0.2) is 11.6 Å².